The minimum absolute atomic E-state index is 0.174. The zero-order valence-corrected chi connectivity index (χ0v) is 15.0. The lowest BCUT2D eigenvalue weighted by Gasteiger charge is -2.58. The van der Waals surface area contributed by atoms with Crippen LogP contribution in [-0.4, -0.2) is 42.0 Å². The number of carbonyl (C=O) groups is 1. The molecule has 3 unspecified atom stereocenters. The summed E-state index contributed by atoms with van der Waals surface area (Å²) >= 11 is 0. The molecule has 1 aromatic rings. The molecule has 0 aromatic heterocycles. The predicted octanol–water partition coefficient (Wildman–Crippen LogP) is 3.05. The first-order chi connectivity index (χ1) is 12.1. The van der Waals surface area contributed by atoms with Gasteiger partial charge in [0.25, 0.3) is 0 Å². The van der Waals surface area contributed by atoms with Crippen LogP contribution in [0.4, 0.5) is 0 Å². The third-order valence-electron chi connectivity index (χ3n) is 7.30. The minimum Gasteiger partial charge on any atom is -0.504 e. The molecule has 4 nitrogen and oxygen atoms in total. The van der Waals surface area contributed by atoms with E-state index in [2.05, 4.69) is 11.0 Å². The number of phenolic OH excluding ortho intramolecular Hbond substituents is 1. The smallest absolute Gasteiger partial charge is 0.161 e. The molecule has 1 aliphatic heterocycles. The van der Waals surface area contributed by atoms with Crippen LogP contribution in [0.25, 0.3) is 0 Å². The van der Waals surface area contributed by atoms with Gasteiger partial charge in [0.15, 0.2) is 11.5 Å². The first kappa shape index (κ1) is 15.7. The Morgan fingerprint density at radius 2 is 2.16 bits per heavy atom. The van der Waals surface area contributed by atoms with Crippen LogP contribution in [0.3, 0.4) is 0 Å². The molecule has 134 valence electrons. The van der Waals surface area contributed by atoms with Gasteiger partial charge >= 0.3 is 0 Å². The second-order valence-corrected chi connectivity index (χ2v) is 8.63. The molecule has 3 atom stereocenters. The van der Waals surface area contributed by atoms with Crippen molar-refractivity contribution in [2.75, 3.05) is 20.2 Å². The highest BCUT2D eigenvalue weighted by Gasteiger charge is 2.57. The number of rotatable bonds is 3. The normalized spacial score (nSPS) is 34.4. The summed E-state index contributed by atoms with van der Waals surface area (Å²) in [5.41, 5.74) is 2.09. The zero-order chi connectivity index (χ0) is 17.2. The first-order valence-corrected chi connectivity index (χ1v) is 9.77. The number of Topliss-reactive ketones (excluding diaryl/α,β-unsaturated/α-hetero) is 1. The predicted molar refractivity (Wildman–Crippen MR) is 95.1 cm³/mol. The number of carbonyl (C=O) groups excluding carboxylic acids is 1. The van der Waals surface area contributed by atoms with Crippen LogP contribution in [0.2, 0.25) is 0 Å². The zero-order valence-electron chi connectivity index (χ0n) is 15.0. The Kier molecular flexibility index (Phi) is 3.43. The number of phenols is 1. The molecule has 1 saturated heterocycles. The van der Waals surface area contributed by atoms with Crippen LogP contribution in [0, 0.1) is 11.8 Å². The van der Waals surface area contributed by atoms with Crippen molar-refractivity contribution in [2.24, 2.45) is 11.8 Å². The Morgan fingerprint density at radius 3 is 2.92 bits per heavy atom. The topological polar surface area (TPSA) is 49.8 Å². The van der Waals surface area contributed by atoms with Crippen molar-refractivity contribution >= 4 is 5.78 Å². The van der Waals surface area contributed by atoms with Gasteiger partial charge in [-0.05, 0) is 62.1 Å². The standard InChI is InChI=1S/C21H27NO3/c1-25-18-7-4-14-10-17-16-6-5-15(23)11-21(16,19(14)20(18)24)8-9-22(17)12-13-2-3-13/h4,7,13,16-17,24H,2-3,5-6,8-12H2,1H3. The maximum Gasteiger partial charge on any atom is 0.161 e. The quantitative estimate of drug-likeness (QED) is 0.918. The SMILES string of the molecule is COc1ccc2c(c1O)C13CCN(CC4CC4)C(C2)C1CCC(=O)C3. The number of ketones is 1. The van der Waals surface area contributed by atoms with Crippen molar-refractivity contribution in [2.45, 2.75) is 56.4 Å². The average Bonchev–Trinajstić information content (AvgIpc) is 3.41. The van der Waals surface area contributed by atoms with Crippen molar-refractivity contribution in [3.63, 3.8) is 0 Å². The third kappa shape index (κ3) is 2.26. The fourth-order valence-corrected chi connectivity index (χ4v) is 6.02. The molecule has 3 fully saturated rings. The summed E-state index contributed by atoms with van der Waals surface area (Å²) in [7, 11) is 1.60. The van der Waals surface area contributed by atoms with Gasteiger partial charge in [0, 0.05) is 36.4 Å². The van der Waals surface area contributed by atoms with E-state index in [1.54, 1.807) is 7.11 Å². The van der Waals surface area contributed by atoms with E-state index in [0.717, 1.165) is 37.3 Å². The van der Waals surface area contributed by atoms with E-state index in [1.807, 2.05) is 6.07 Å². The van der Waals surface area contributed by atoms with Crippen molar-refractivity contribution in [1.29, 1.82) is 0 Å². The molecule has 0 amide bonds. The maximum atomic E-state index is 12.4. The number of methoxy groups -OCH3 is 1. The van der Waals surface area contributed by atoms with Crippen molar-refractivity contribution in [3.05, 3.63) is 23.3 Å². The minimum atomic E-state index is -0.174. The van der Waals surface area contributed by atoms with Crippen molar-refractivity contribution in [1.82, 2.24) is 4.90 Å². The number of benzene rings is 1. The van der Waals surface area contributed by atoms with Gasteiger partial charge in [-0.2, -0.15) is 0 Å². The first-order valence-electron chi connectivity index (χ1n) is 9.77. The molecular formula is C21H27NO3. The molecule has 1 N–H and O–H groups in total. The number of hydrogen-bond donors (Lipinski definition) is 1. The van der Waals surface area contributed by atoms with Gasteiger partial charge in [0.05, 0.1) is 7.11 Å². The molecule has 2 saturated carbocycles. The number of piperidine rings is 1. The molecule has 4 aliphatic rings. The summed E-state index contributed by atoms with van der Waals surface area (Å²) < 4.78 is 5.39. The number of ether oxygens (including phenoxy) is 1. The largest absolute Gasteiger partial charge is 0.504 e. The van der Waals surface area contributed by atoms with E-state index in [-0.39, 0.29) is 11.2 Å². The number of hydrogen-bond acceptors (Lipinski definition) is 4. The van der Waals surface area contributed by atoms with E-state index in [0.29, 0.717) is 36.3 Å². The number of likely N-dealkylation sites (tertiary alicyclic amines) is 1. The molecule has 3 aliphatic carbocycles. The second-order valence-electron chi connectivity index (χ2n) is 8.63. The summed E-state index contributed by atoms with van der Waals surface area (Å²) in [5, 5.41) is 10.9. The van der Waals surface area contributed by atoms with Gasteiger partial charge in [0.1, 0.15) is 5.78 Å². The molecule has 1 aromatic carbocycles. The molecule has 0 spiro atoms. The number of aromatic hydroxyl groups is 1. The molecule has 0 radical (unpaired) electrons. The monoisotopic (exact) mass is 341 g/mol. The molecule has 5 rings (SSSR count). The van der Waals surface area contributed by atoms with Crippen LogP contribution in [0.15, 0.2) is 12.1 Å². The molecule has 2 bridgehead atoms. The van der Waals surface area contributed by atoms with Gasteiger partial charge < -0.3 is 9.84 Å². The van der Waals surface area contributed by atoms with E-state index in [9.17, 15) is 9.90 Å². The van der Waals surface area contributed by atoms with Crippen LogP contribution in [0.5, 0.6) is 11.5 Å². The fraction of sp³-hybridized carbons (Fsp3) is 0.667. The summed E-state index contributed by atoms with van der Waals surface area (Å²) in [6.07, 6.45) is 7.03. The number of fused-ring (bicyclic) bond motifs is 1. The van der Waals surface area contributed by atoms with Crippen molar-refractivity contribution in [3.8, 4) is 11.5 Å². The Morgan fingerprint density at radius 1 is 1.32 bits per heavy atom. The van der Waals surface area contributed by atoms with Gasteiger partial charge in [-0.25, -0.2) is 0 Å². The summed E-state index contributed by atoms with van der Waals surface area (Å²) in [5.74, 6) is 2.57. The summed E-state index contributed by atoms with van der Waals surface area (Å²) in [6, 6.07) is 4.54. The summed E-state index contributed by atoms with van der Waals surface area (Å²) in [4.78, 5) is 15.1. The Bertz CT molecular complexity index is 726. The molecule has 4 heteroatoms. The van der Waals surface area contributed by atoms with E-state index in [1.165, 1.54) is 24.9 Å². The lowest BCUT2D eigenvalue weighted by atomic mass is 9.52. The Balaban J connectivity index is 1.63. The third-order valence-corrected chi connectivity index (χ3v) is 7.30. The lowest BCUT2D eigenvalue weighted by Crippen LogP contribution is -2.62. The van der Waals surface area contributed by atoms with Gasteiger partial charge in [-0.1, -0.05) is 6.07 Å². The average molecular weight is 341 g/mol. The van der Waals surface area contributed by atoms with Gasteiger partial charge in [-0.15, -0.1) is 0 Å². The van der Waals surface area contributed by atoms with Crippen LogP contribution < -0.4 is 4.74 Å². The second kappa shape index (κ2) is 5.47. The number of nitrogens with zero attached hydrogens (tertiary/aromatic N) is 1. The maximum absolute atomic E-state index is 12.4. The van der Waals surface area contributed by atoms with Crippen LogP contribution in [-0.2, 0) is 16.6 Å². The van der Waals surface area contributed by atoms with Crippen LogP contribution >= 0.6 is 0 Å². The molecule has 25 heavy (non-hydrogen) atoms. The molecule has 1 heterocycles. The van der Waals surface area contributed by atoms with E-state index >= 15 is 0 Å². The highest BCUT2D eigenvalue weighted by Crippen LogP contribution is 2.58. The van der Waals surface area contributed by atoms with Crippen molar-refractivity contribution < 1.29 is 14.6 Å². The van der Waals surface area contributed by atoms with Gasteiger partial charge in [0.2, 0.25) is 0 Å². The van der Waals surface area contributed by atoms with E-state index < -0.39 is 0 Å². The summed E-state index contributed by atoms with van der Waals surface area (Å²) in [6.45, 7) is 2.28. The highest BCUT2D eigenvalue weighted by molar-refractivity contribution is 5.82. The van der Waals surface area contributed by atoms with Crippen LogP contribution in [0.1, 0.15) is 49.7 Å². The molecular weight excluding hydrogens is 314 g/mol. The Hall–Kier alpha value is -1.55. The fourth-order valence-electron chi connectivity index (χ4n) is 6.02. The Labute approximate surface area is 149 Å². The lowest BCUT2D eigenvalue weighted by molar-refractivity contribution is -0.127. The van der Waals surface area contributed by atoms with E-state index in [4.69, 9.17) is 4.74 Å². The highest BCUT2D eigenvalue weighted by atomic mass is 16.5. The van der Waals surface area contributed by atoms with Gasteiger partial charge in [-0.3, -0.25) is 9.69 Å².